The molecule has 0 atom stereocenters. The molecule has 4 nitrogen and oxygen atoms in total. The number of hydrogen-bond donors (Lipinski definition) is 2. The Labute approximate surface area is 171 Å². The second-order valence-electron chi connectivity index (χ2n) is 5.77. The number of hydrogen-bond acceptors (Lipinski definition) is 2. The monoisotopic (exact) mass is 486 g/mol. The second kappa shape index (κ2) is 13.2. The predicted molar refractivity (Wildman–Crippen MR) is 112 cm³/mol. The molecule has 0 radical (unpaired) electrons. The summed E-state index contributed by atoms with van der Waals surface area (Å²) in [5.41, 5.74) is 2.25. The zero-order valence-electron chi connectivity index (χ0n) is 15.7. The molecule has 0 spiro atoms. The normalized spacial score (nSPS) is 12.0. The molecule has 0 bridgehead atoms. The Balaban J connectivity index is 0.00000625. The zero-order chi connectivity index (χ0) is 18.7. The summed E-state index contributed by atoms with van der Waals surface area (Å²) < 4.78 is 36.7. The molecule has 150 valence electrons. The standard InChI is InChI=1S/C18H29F3N4.HI/c1-4-22-17(23-11-10-18(19,20)21)24-13-15-8-7-9-16(12-15)14-25(5-2)6-3;/h7-9,12H,4-6,10-11,13-14H2,1-3H3,(H2,22,23,24);1H. The van der Waals surface area contributed by atoms with Crippen LogP contribution in [-0.4, -0.2) is 43.2 Å². The minimum absolute atomic E-state index is 0. The lowest BCUT2D eigenvalue weighted by Gasteiger charge is -2.18. The van der Waals surface area contributed by atoms with E-state index in [0.29, 0.717) is 19.0 Å². The molecule has 0 aliphatic carbocycles. The highest BCUT2D eigenvalue weighted by molar-refractivity contribution is 14.0. The van der Waals surface area contributed by atoms with Crippen LogP contribution in [0.4, 0.5) is 13.2 Å². The van der Waals surface area contributed by atoms with Gasteiger partial charge in [0.1, 0.15) is 0 Å². The van der Waals surface area contributed by atoms with Gasteiger partial charge in [-0.2, -0.15) is 13.2 Å². The molecule has 1 aromatic rings. The van der Waals surface area contributed by atoms with E-state index in [4.69, 9.17) is 0 Å². The molecule has 0 heterocycles. The quantitative estimate of drug-likeness (QED) is 0.313. The first-order valence-corrected chi connectivity index (χ1v) is 8.77. The van der Waals surface area contributed by atoms with Crippen LogP contribution in [0.2, 0.25) is 0 Å². The summed E-state index contributed by atoms with van der Waals surface area (Å²) in [5, 5.41) is 5.69. The number of aliphatic imine (C=N–C) groups is 1. The zero-order valence-corrected chi connectivity index (χ0v) is 18.0. The second-order valence-corrected chi connectivity index (χ2v) is 5.77. The molecule has 26 heavy (non-hydrogen) atoms. The van der Waals surface area contributed by atoms with Crippen molar-refractivity contribution in [3.63, 3.8) is 0 Å². The summed E-state index contributed by atoms with van der Waals surface area (Å²) in [7, 11) is 0. The van der Waals surface area contributed by atoms with E-state index >= 15 is 0 Å². The van der Waals surface area contributed by atoms with Crippen molar-refractivity contribution in [3.05, 3.63) is 35.4 Å². The van der Waals surface area contributed by atoms with Gasteiger partial charge in [0, 0.05) is 19.6 Å². The van der Waals surface area contributed by atoms with Gasteiger partial charge in [-0.25, -0.2) is 4.99 Å². The van der Waals surface area contributed by atoms with E-state index in [1.807, 2.05) is 19.1 Å². The number of halogens is 4. The largest absolute Gasteiger partial charge is 0.390 e. The van der Waals surface area contributed by atoms with Crippen LogP contribution in [0.5, 0.6) is 0 Å². The van der Waals surface area contributed by atoms with E-state index in [2.05, 4.69) is 46.5 Å². The van der Waals surface area contributed by atoms with Crippen LogP contribution < -0.4 is 10.6 Å². The van der Waals surface area contributed by atoms with Crippen molar-refractivity contribution >= 4 is 29.9 Å². The molecule has 1 aromatic carbocycles. The number of alkyl halides is 3. The van der Waals surface area contributed by atoms with Crippen molar-refractivity contribution in [2.24, 2.45) is 4.99 Å². The third kappa shape index (κ3) is 10.8. The lowest BCUT2D eigenvalue weighted by atomic mass is 10.1. The smallest absolute Gasteiger partial charge is 0.357 e. The lowest BCUT2D eigenvalue weighted by Crippen LogP contribution is -2.38. The van der Waals surface area contributed by atoms with Gasteiger partial charge in [-0.15, -0.1) is 24.0 Å². The SMILES string of the molecule is CCNC(=NCc1cccc(CN(CC)CC)c1)NCCC(F)(F)F.I. The Morgan fingerprint density at radius 2 is 1.73 bits per heavy atom. The molecule has 0 unspecified atom stereocenters. The number of nitrogens with zero attached hydrogens (tertiary/aromatic N) is 2. The highest BCUT2D eigenvalue weighted by atomic mass is 127. The fourth-order valence-electron chi connectivity index (χ4n) is 2.37. The van der Waals surface area contributed by atoms with Gasteiger partial charge in [0.25, 0.3) is 0 Å². The first kappa shape index (κ1) is 25.0. The molecular formula is C18H30F3IN4. The van der Waals surface area contributed by atoms with Crippen molar-refractivity contribution in [2.75, 3.05) is 26.2 Å². The Hall–Kier alpha value is -1.03. The summed E-state index contributed by atoms with van der Waals surface area (Å²) in [6.07, 6.45) is -5.04. The molecular weight excluding hydrogens is 456 g/mol. The molecule has 2 N–H and O–H groups in total. The Bertz CT molecular complexity index is 531. The van der Waals surface area contributed by atoms with Crippen molar-refractivity contribution in [1.29, 1.82) is 0 Å². The fourth-order valence-corrected chi connectivity index (χ4v) is 2.37. The number of benzene rings is 1. The Kier molecular flexibility index (Phi) is 12.7. The van der Waals surface area contributed by atoms with Crippen LogP contribution in [0.15, 0.2) is 29.3 Å². The van der Waals surface area contributed by atoms with Gasteiger partial charge < -0.3 is 10.6 Å². The van der Waals surface area contributed by atoms with E-state index in [9.17, 15) is 13.2 Å². The summed E-state index contributed by atoms with van der Waals surface area (Å²) in [6.45, 7) is 9.85. The molecule has 1 rings (SSSR count). The molecule has 0 aliphatic heterocycles. The third-order valence-electron chi connectivity index (χ3n) is 3.76. The van der Waals surface area contributed by atoms with Gasteiger partial charge in [-0.1, -0.05) is 38.1 Å². The Morgan fingerprint density at radius 3 is 2.31 bits per heavy atom. The fraction of sp³-hybridized carbons (Fsp3) is 0.611. The lowest BCUT2D eigenvalue weighted by molar-refractivity contribution is -0.132. The average molecular weight is 486 g/mol. The van der Waals surface area contributed by atoms with Gasteiger partial charge >= 0.3 is 6.18 Å². The summed E-state index contributed by atoms with van der Waals surface area (Å²) in [4.78, 5) is 6.70. The maximum absolute atomic E-state index is 12.2. The third-order valence-corrected chi connectivity index (χ3v) is 3.76. The molecule has 0 saturated carbocycles. The van der Waals surface area contributed by atoms with Crippen LogP contribution in [0.1, 0.15) is 38.3 Å². The molecule has 0 fully saturated rings. The van der Waals surface area contributed by atoms with E-state index in [0.717, 1.165) is 25.2 Å². The van der Waals surface area contributed by atoms with Crippen LogP contribution in [0.3, 0.4) is 0 Å². The minimum Gasteiger partial charge on any atom is -0.357 e. The number of guanidine groups is 1. The van der Waals surface area contributed by atoms with E-state index in [1.165, 1.54) is 5.56 Å². The molecule has 0 saturated heterocycles. The summed E-state index contributed by atoms with van der Waals surface area (Å²) >= 11 is 0. The van der Waals surface area contributed by atoms with E-state index in [1.54, 1.807) is 0 Å². The molecule has 8 heteroatoms. The van der Waals surface area contributed by atoms with Crippen LogP contribution in [0.25, 0.3) is 0 Å². The van der Waals surface area contributed by atoms with E-state index < -0.39 is 12.6 Å². The highest BCUT2D eigenvalue weighted by Gasteiger charge is 2.26. The van der Waals surface area contributed by atoms with Crippen LogP contribution in [-0.2, 0) is 13.1 Å². The van der Waals surface area contributed by atoms with Crippen LogP contribution in [0, 0.1) is 0 Å². The topological polar surface area (TPSA) is 39.7 Å². The minimum atomic E-state index is -4.16. The van der Waals surface area contributed by atoms with E-state index in [-0.39, 0.29) is 30.5 Å². The predicted octanol–water partition coefficient (Wildman–Crippen LogP) is 4.15. The highest BCUT2D eigenvalue weighted by Crippen LogP contribution is 2.18. The molecule has 0 aromatic heterocycles. The van der Waals surface area contributed by atoms with Crippen molar-refractivity contribution in [1.82, 2.24) is 15.5 Å². The summed E-state index contributed by atoms with van der Waals surface area (Å²) in [5.74, 6) is 0.404. The van der Waals surface area contributed by atoms with Crippen molar-refractivity contribution in [2.45, 2.75) is 46.5 Å². The number of nitrogens with one attached hydrogen (secondary N) is 2. The first-order valence-electron chi connectivity index (χ1n) is 8.77. The summed E-state index contributed by atoms with van der Waals surface area (Å²) in [6, 6.07) is 8.15. The maximum atomic E-state index is 12.2. The van der Waals surface area contributed by atoms with Gasteiger partial charge in [0.15, 0.2) is 5.96 Å². The average Bonchev–Trinajstić information content (AvgIpc) is 2.57. The Morgan fingerprint density at radius 1 is 1.08 bits per heavy atom. The van der Waals surface area contributed by atoms with Gasteiger partial charge in [-0.05, 0) is 31.1 Å². The van der Waals surface area contributed by atoms with Crippen molar-refractivity contribution in [3.8, 4) is 0 Å². The molecule has 0 aliphatic rings. The number of rotatable bonds is 9. The van der Waals surface area contributed by atoms with Crippen molar-refractivity contribution < 1.29 is 13.2 Å². The van der Waals surface area contributed by atoms with Gasteiger partial charge in [0.05, 0.1) is 13.0 Å². The van der Waals surface area contributed by atoms with Gasteiger partial charge in [0.2, 0.25) is 0 Å². The maximum Gasteiger partial charge on any atom is 0.390 e. The van der Waals surface area contributed by atoms with Crippen LogP contribution >= 0.6 is 24.0 Å². The molecule has 0 amide bonds. The first-order chi connectivity index (χ1) is 11.9. The van der Waals surface area contributed by atoms with Gasteiger partial charge in [-0.3, -0.25) is 4.90 Å².